The van der Waals surface area contributed by atoms with E-state index in [1.807, 2.05) is 18.3 Å². The molecule has 3 heterocycles. The lowest BCUT2D eigenvalue weighted by Gasteiger charge is -2.25. The highest BCUT2D eigenvalue weighted by molar-refractivity contribution is 5.93. The Morgan fingerprint density at radius 2 is 2.21 bits per heavy atom. The Balaban J connectivity index is 1.83. The molecule has 0 aliphatic carbocycles. The van der Waals surface area contributed by atoms with Crippen LogP contribution in [0.3, 0.4) is 0 Å². The quantitative estimate of drug-likeness (QED) is 0.880. The number of carbonyl (C=O) groups excluding carboxylic acids is 1. The Kier molecular flexibility index (Phi) is 3.13. The number of fused-ring (bicyclic) bond motifs is 1. The van der Waals surface area contributed by atoms with Gasteiger partial charge in [0.15, 0.2) is 0 Å². The van der Waals surface area contributed by atoms with Crippen molar-refractivity contribution in [2.75, 3.05) is 19.6 Å². The third-order valence-corrected chi connectivity index (χ3v) is 4.75. The molecule has 19 heavy (non-hydrogen) atoms. The molecule has 0 spiro atoms. The number of aromatic nitrogens is 1. The summed E-state index contributed by atoms with van der Waals surface area (Å²) < 4.78 is 2.07. The smallest absolute Gasteiger partial charge is 0.270 e. The Hall–Kier alpha value is -1.29. The molecular formula is C15H23N3O. The fraction of sp³-hybridized carbons (Fsp3) is 0.667. The van der Waals surface area contributed by atoms with Crippen LogP contribution in [0.2, 0.25) is 0 Å². The summed E-state index contributed by atoms with van der Waals surface area (Å²) in [5.41, 5.74) is 0.829. The van der Waals surface area contributed by atoms with Gasteiger partial charge in [-0.3, -0.25) is 4.79 Å². The zero-order chi connectivity index (χ0) is 13.6. The van der Waals surface area contributed by atoms with Crippen molar-refractivity contribution in [3.8, 4) is 0 Å². The average Bonchev–Trinajstić information content (AvgIpc) is 3.05. The van der Waals surface area contributed by atoms with E-state index in [9.17, 15) is 4.79 Å². The molecule has 2 saturated heterocycles. The van der Waals surface area contributed by atoms with Gasteiger partial charge in [-0.15, -0.1) is 0 Å². The van der Waals surface area contributed by atoms with Crippen LogP contribution in [0.15, 0.2) is 18.3 Å². The first-order chi connectivity index (χ1) is 9.09. The van der Waals surface area contributed by atoms with Crippen LogP contribution in [0.1, 0.15) is 37.3 Å². The molecule has 1 amide bonds. The van der Waals surface area contributed by atoms with E-state index < -0.39 is 0 Å². The fourth-order valence-corrected chi connectivity index (χ4v) is 3.61. The molecule has 0 radical (unpaired) electrons. The van der Waals surface area contributed by atoms with Crippen molar-refractivity contribution in [1.82, 2.24) is 14.8 Å². The van der Waals surface area contributed by atoms with Gasteiger partial charge in [-0.1, -0.05) is 0 Å². The number of nitrogens with zero attached hydrogens (tertiary/aromatic N) is 2. The first kappa shape index (κ1) is 12.7. The van der Waals surface area contributed by atoms with E-state index in [1.165, 1.54) is 0 Å². The summed E-state index contributed by atoms with van der Waals surface area (Å²) in [6.45, 7) is 9.44. The Morgan fingerprint density at radius 1 is 1.42 bits per heavy atom. The van der Waals surface area contributed by atoms with Gasteiger partial charge in [-0.2, -0.15) is 0 Å². The minimum Gasteiger partial charge on any atom is -0.341 e. The molecule has 2 aliphatic heterocycles. The maximum atomic E-state index is 12.8. The summed E-state index contributed by atoms with van der Waals surface area (Å²) in [5.74, 6) is 1.47. The zero-order valence-corrected chi connectivity index (χ0v) is 12.0. The van der Waals surface area contributed by atoms with E-state index in [0.717, 1.165) is 25.3 Å². The Labute approximate surface area is 114 Å². The molecule has 4 heteroatoms. The van der Waals surface area contributed by atoms with E-state index >= 15 is 0 Å². The lowest BCUT2D eigenvalue weighted by molar-refractivity contribution is 0.0716. The average molecular weight is 261 g/mol. The molecule has 0 saturated carbocycles. The van der Waals surface area contributed by atoms with Crippen LogP contribution < -0.4 is 5.32 Å². The first-order valence-corrected chi connectivity index (χ1v) is 7.28. The van der Waals surface area contributed by atoms with Gasteiger partial charge >= 0.3 is 0 Å². The van der Waals surface area contributed by atoms with Gasteiger partial charge in [0.05, 0.1) is 0 Å². The molecule has 104 valence electrons. The maximum Gasteiger partial charge on any atom is 0.270 e. The molecule has 0 bridgehead atoms. The number of nitrogens with one attached hydrogen (secondary N) is 1. The highest BCUT2D eigenvalue weighted by Crippen LogP contribution is 2.33. The first-order valence-electron chi connectivity index (χ1n) is 7.28. The summed E-state index contributed by atoms with van der Waals surface area (Å²) in [7, 11) is 0. The third kappa shape index (κ3) is 1.98. The van der Waals surface area contributed by atoms with Crippen molar-refractivity contribution in [3.63, 3.8) is 0 Å². The van der Waals surface area contributed by atoms with E-state index in [2.05, 4.69) is 35.6 Å². The normalized spacial score (nSPS) is 30.1. The number of amides is 1. The molecule has 1 aromatic heterocycles. The van der Waals surface area contributed by atoms with Crippen LogP contribution in [-0.2, 0) is 0 Å². The molecule has 3 atom stereocenters. The molecular weight excluding hydrogens is 238 g/mol. The van der Waals surface area contributed by atoms with Gasteiger partial charge in [0.2, 0.25) is 0 Å². The van der Waals surface area contributed by atoms with Gasteiger partial charge < -0.3 is 14.8 Å². The lowest BCUT2D eigenvalue weighted by Crippen LogP contribution is -2.39. The minimum atomic E-state index is 0.195. The van der Waals surface area contributed by atoms with Gasteiger partial charge in [0.25, 0.3) is 5.91 Å². The topological polar surface area (TPSA) is 37.3 Å². The van der Waals surface area contributed by atoms with Gasteiger partial charge in [-0.25, -0.2) is 0 Å². The van der Waals surface area contributed by atoms with Gasteiger partial charge in [0, 0.05) is 37.9 Å². The third-order valence-electron chi connectivity index (χ3n) is 4.75. The van der Waals surface area contributed by atoms with Gasteiger partial charge in [0.1, 0.15) is 5.69 Å². The predicted octanol–water partition coefficient (Wildman–Crippen LogP) is 1.75. The van der Waals surface area contributed by atoms with Crippen LogP contribution in [-0.4, -0.2) is 41.1 Å². The van der Waals surface area contributed by atoms with Crippen molar-refractivity contribution in [1.29, 1.82) is 0 Å². The fourth-order valence-electron chi connectivity index (χ4n) is 3.61. The number of likely N-dealkylation sites (tertiary alicyclic amines) is 1. The molecule has 1 N–H and O–H groups in total. The van der Waals surface area contributed by atoms with Crippen LogP contribution in [0.5, 0.6) is 0 Å². The largest absolute Gasteiger partial charge is 0.341 e. The molecule has 2 fully saturated rings. The second-order valence-corrected chi connectivity index (χ2v) is 6.17. The SMILES string of the molecule is CC1C2CNCC2CN1C(=O)c1cccn1C(C)C. The van der Waals surface area contributed by atoms with Gasteiger partial charge in [-0.05, 0) is 44.7 Å². The second kappa shape index (κ2) is 4.67. The standard InChI is InChI=1S/C15H23N3O/c1-10(2)17-6-4-5-14(17)15(19)18-9-12-7-16-8-13(12)11(18)3/h4-6,10-13,16H,7-9H2,1-3H3. The zero-order valence-electron chi connectivity index (χ0n) is 12.0. The van der Waals surface area contributed by atoms with Crippen LogP contribution >= 0.6 is 0 Å². The van der Waals surface area contributed by atoms with Crippen LogP contribution in [0, 0.1) is 11.8 Å². The van der Waals surface area contributed by atoms with E-state index in [1.54, 1.807) is 0 Å². The predicted molar refractivity (Wildman–Crippen MR) is 75.2 cm³/mol. The Bertz CT molecular complexity index is 479. The molecule has 1 aromatic rings. The number of rotatable bonds is 2. The van der Waals surface area contributed by atoms with Crippen molar-refractivity contribution in [3.05, 3.63) is 24.0 Å². The maximum absolute atomic E-state index is 12.8. The molecule has 2 aliphatic rings. The summed E-state index contributed by atoms with van der Waals surface area (Å²) >= 11 is 0. The number of carbonyl (C=O) groups is 1. The van der Waals surface area contributed by atoms with Crippen molar-refractivity contribution < 1.29 is 4.79 Å². The van der Waals surface area contributed by atoms with Crippen molar-refractivity contribution >= 4 is 5.91 Å². The highest BCUT2D eigenvalue weighted by Gasteiger charge is 2.44. The van der Waals surface area contributed by atoms with Crippen LogP contribution in [0.25, 0.3) is 0 Å². The molecule has 0 aromatic carbocycles. The molecule has 3 rings (SSSR count). The van der Waals surface area contributed by atoms with E-state index in [0.29, 0.717) is 23.9 Å². The van der Waals surface area contributed by atoms with Crippen molar-refractivity contribution in [2.24, 2.45) is 11.8 Å². The van der Waals surface area contributed by atoms with Crippen molar-refractivity contribution in [2.45, 2.75) is 32.9 Å². The van der Waals surface area contributed by atoms with E-state index in [-0.39, 0.29) is 5.91 Å². The monoisotopic (exact) mass is 261 g/mol. The lowest BCUT2D eigenvalue weighted by atomic mass is 9.95. The van der Waals surface area contributed by atoms with Crippen LogP contribution in [0.4, 0.5) is 0 Å². The molecule has 4 nitrogen and oxygen atoms in total. The number of hydrogen-bond donors (Lipinski definition) is 1. The Morgan fingerprint density at radius 3 is 2.89 bits per heavy atom. The number of hydrogen-bond acceptors (Lipinski definition) is 2. The summed E-state index contributed by atoms with van der Waals surface area (Å²) in [6, 6.07) is 4.59. The van der Waals surface area contributed by atoms with E-state index in [4.69, 9.17) is 0 Å². The second-order valence-electron chi connectivity index (χ2n) is 6.17. The summed E-state index contributed by atoms with van der Waals surface area (Å²) in [5, 5.41) is 3.44. The molecule has 3 unspecified atom stereocenters. The highest BCUT2D eigenvalue weighted by atomic mass is 16.2. The summed E-state index contributed by atoms with van der Waals surface area (Å²) in [4.78, 5) is 14.8. The minimum absolute atomic E-state index is 0.195. The summed E-state index contributed by atoms with van der Waals surface area (Å²) in [6.07, 6.45) is 2.00.